The maximum Gasteiger partial charge on any atom is 0.561 e. The molecular formula is C29H66NO6Si2+. The molecule has 7 nitrogen and oxygen atoms in total. The molecule has 0 aromatic heterocycles. The fourth-order valence-corrected chi connectivity index (χ4v) is 10.5. The zero-order chi connectivity index (χ0) is 28.8. The van der Waals surface area contributed by atoms with Crippen LogP contribution >= 0.6 is 0 Å². The first kappa shape index (κ1) is 38.2. The Bertz CT molecular complexity index is 517. The normalized spacial score (nSPS) is 13.8. The molecule has 38 heavy (non-hydrogen) atoms. The van der Waals surface area contributed by atoms with Crippen LogP contribution in [0.3, 0.4) is 0 Å². The van der Waals surface area contributed by atoms with Gasteiger partial charge in [-0.3, -0.25) is 0 Å². The maximum atomic E-state index is 5.96. The van der Waals surface area contributed by atoms with E-state index in [2.05, 4.69) is 21.0 Å². The van der Waals surface area contributed by atoms with Crippen molar-refractivity contribution in [1.82, 2.24) is 0 Å². The Kier molecular flexibility index (Phi) is 22.9. The molecule has 0 bridgehead atoms. The van der Waals surface area contributed by atoms with E-state index >= 15 is 0 Å². The van der Waals surface area contributed by atoms with Crippen LogP contribution in [0.15, 0.2) is 0 Å². The molecule has 0 spiro atoms. The van der Waals surface area contributed by atoms with Crippen molar-refractivity contribution in [2.75, 3.05) is 63.3 Å². The van der Waals surface area contributed by atoms with Crippen molar-refractivity contribution in [1.29, 1.82) is 0 Å². The highest BCUT2D eigenvalue weighted by Gasteiger charge is 2.57. The summed E-state index contributed by atoms with van der Waals surface area (Å²) in [5.41, 5.74) is 0.0613. The Morgan fingerprint density at radius 3 is 1.16 bits per heavy atom. The third-order valence-corrected chi connectivity index (χ3v) is 14.6. The van der Waals surface area contributed by atoms with Crippen LogP contribution in [0.25, 0.3) is 0 Å². The maximum absolute atomic E-state index is 5.96. The highest BCUT2D eigenvalue weighted by atomic mass is 28.4. The zero-order valence-corrected chi connectivity index (χ0v) is 28.9. The molecule has 0 aliphatic heterocycles. The van der Waals surface area contributed by atoms with Crippen LogP contribution in [-0.2, 0) is 26.6 Å². The fraction of sp³-hybridized carbons (Fsp3) is 1.00. The Morgan fingerprint density at radius 1 is 0.500 bits per heavy atom. The van der Waals surface area contributed by atoms with Gasteiger partial charge in [-0.25, -0.2) is 0 Å². The molecule has 0 N–H and O–H groups in total. The highest BCUT2D eigenvalue weighted by Crippen LogP contribution is 2.29. The second-order valence-corrected chi connectivity index (χ2v) is 17.6. The van der Waals surface area contributed by atoms with Gasteiger partial charge in [0, 0.05) is 55.1 Å². The molecule has 0 heterocycles. The van der Waals surface area contributed by atoms with Crippen molar-refractivity contribution in [2.45, 2.75) is 128 Å². The first-order chi connectivity index (χ1) is 18.3. The molecule has 0 aromatic carbocycles. The molecular weight excluding hydrogens is 514 g/mol. The molecule has 0 fully saturated rings. The van der Waals surface area contributed by atoms with Crippen LogP contribution in [0, 0.1) is 0 Å². The Hall–Kier alpha value is 0.154. The lowest BCUT2D eigenvalue weighted by molar-refractivity contribution is -0.906. The molecule has 0 aliphatic carbocycles. The van der Waals surface area contributed by atoms with Gasteiger partial charge in [-0.2, -0.15) is 0 Å². The minimum atomic E-state index is -2.90. The molecule has 0 radical (unpaired) electrons. The minimum absolute atomic E-state index is 0.0613. The number of hydrogen-bond acceptors (Lipinski definition) is 6. The van der Waals surface area contributed by atoms with Gasteiger partial charge in [0.25, 0.3) is 0 Å². The van der Waals surface area contributed by atoms with Crippen LogP contribution in [-0.4, -0.2) is 91.1 Å². The van der Waals surface area contributed by atoms with Gasteiger partial charge in [0.1, 0.15) is 0 Å². The summed E-state index contributed by atoms with van der Waals surface area (Å²) in [5.74, 6) is 0. The number of quaternary nitrogens is 1. The van der Waals surface area contributed by atoms with E-state index in [0.717, 1.165) is 17.4 Å². The molecule has 0 amide bonds. The van der Waals surface area contributed by atoms with E-state index in [4.69, 9.17) is 26.6 Å². The molecule has 1 atom stereocenters. The quantitative estimate of drug-likeness (QED) is 0.0547. The van der Waals surface area contributed by atoms with Crippen molar-refractivity contribution >= 4 is 17.6 Å². The summed E-state index contributed by atoms with van der Waals surface area (Å²) < 4.78 is 35.7. The summed E-state index contributed by atoms with van der Waals surface area (Å²) in [5, 5.41) is 0. The Morgan fingerprint density at radius 2 is 0.842 bits per heavy atom. The summed E-state index contributed by atoms with van der Waals surface area (Å²) in [4.78, 5) is 0. The van der Waals surface area contributed by atoms with E-state index < -0.39 is 17.6 Å². The largest absolute Gasteiger partial charge is 0.561 e. The van der Waals surface area contributed by atoms with Gasteiger partial charge in [0.05, 0.1) is 20.6 Å². The number of rotatable bonds is 28. The molecule has 1 unspecified atom stereocenters. The first-order valence-electron chi connectivity index (χ1n) is 15.4. The summed E-state index contributed by atoms with van der Waals surface area (Å²) in [7, 11) is 9.03. The Balaban J connectivity index is 4.40. The van der Waals surface area contributed by atoms with E-state index in [-0.39, 0.29) is 5.67 Å². The number of hydrogen-bond donors (Lipinski definition) is 0. The molecule has 0 saturated heterocycles. The smallest absolute Gasteiger partial charge is 0.377 e. The summed E-state index contributed by atoms with van der Waals surface area (Å²) in [6.07, 6.45) is 22.9. The van der Waals surface area contributed by atoms with Crippen molar-refractivity contribution in [3.63, 3.8) is 0 Å². The van der Waals surface area contributed by atoms with Crippen LogP contribution in [0.5, 0.6) is 0 Å². The predicted octanol–water partition coefficient (Wildman–Crippen LogP) is 7.38. The molecule has 230 valence electrons. The monoisotopic (exact) mass is 580 g/mol. The average molecular weight is 581 g/mol. The van der Waals surface area contributed by atoms with Gasteiger partial charge < -0.3 is 31.0 Å². The van der Waals surface area contributed by atoms with Crippen molar-refractivity contribution in [3.8, 4) is 0 Å². The standard InChI is InChI=1S/C29H66NO6Si2/c1-10-11-12-13-14-15-16-17-18-19-20-21-22-23-24-25-27-30(2,3)29(38(34-7,35-8)36-9)26-28-37(31-4,32-5)33-6/h29H,10-28H2,1-9H3/q+1. The molecule has 0 aromatic rings. The summed E-state index contributed by atoms with van der Waals surface area (Å²) >= 11 is 0. The van der Waals surface area contributed by atoms with Gasteiger partial charge in [-0.05, 0) is 12.8 Å². The van der Waals surface area contributed by atoms with Gasteiger partial charge in [-0.1, -0.05) is 96.8 Å². The third kappa shape index (κ3) is 14.7. The lowest BCUT2D eigenvalue weighted by Gasteiger charge is -2.44. The molecule has 0 saturated carbocycles. The van der Waals surface area contributed by atoms with Crippen molar-refractivity contribution < 1.29 is 31.0 Å². The zero-order valence-electron chi connectivity index (χ0n) is 26.9. The predicted molar refractivity (Wildman–Crippen MR) is 163 cm³/mol. The van der Waals surface area contributed by atoms with Crippen LogP contribution in [0.4, 0.5) is 0 Å². The van der Waals surface area contributed by atoms with Crippen LogP contribution in [0.1, 0.15) is 116 Å². The van der Waals surface area contributed by atoms with Crippen molar-refractivity contribution in [3.05, 3.63) is 0 Å². The fourth-order valence-electron chi connectivity index (χ4n) is 5.71. The lowest BCUT2D eigenvalue weighted by atomic mass is 10.0. The van der Waals surface area contributed by atoms with E-state index in [1.54, 1.807) is 42.7 Å². The third-order valence-electron chi connectivity index (χ3n) is 8.35. The van der Waals surface area contributed by atoms with Gasteiger partial charge in [0.15, 0.2) is 5.67 Å². The molecule has 9 heteroatoms. The van der Waals surface area contributed by atoms with Gasteiger partial charge >= 0.3 is 17.6 Å². The van der Waals surface area contributed by atoms with Crippen LogP contribution in [0.2, 0.25) is 6.04 Å². The second-order valence-electron chi connectivity index (χ2n) is 11.4. The summed E-state index contributed by atoms with van der Waals surface area (Å²) in [6.45, 7) is 3.34. The topological polar surface area (TPSA) is 55.4 Å². The second kappa shape index (κ2) is 22.8. The van der Waals surface area contributed by atoms with E-state index in [1.165, 1.54) is 103 Å². The number of unbranched alkanes of at least 4 members (excludes halogenated alkanes) is 15. The minimum Gasteiger partial charge on any atom is -0.377 e. The Labute approximate surface area is 239 Å². The van der Waals surface area contributed by atoms with Gasteiger partial charge in [-0.15, -0.1) is 0 Å². The highest BCUT2D eigenvalue weighted by molar-refractivity contribution is 6.63. The number of nitrogens with zero attached hydrogens (tertiary/aromatic N) is 1. The molecule has 0 rings (SSSR count). The SMILES string of the molecule is CCCCCCCCCCCCCCCCCC[N+](C)(C)C(CC[Si](OC)(OC)OC)[Si](OC)(OC)OC. The van der Waals surface area contributed by atoms with Crippen molar-refractivity contribution in [2.24, 2.45) is 0 Å². The molecule has 0 aliphatic rings. The van der Waals surface area contributed by atoms with Crippen LogP contribution < -0.4 is 0 Å². The van der Waals surface area contributed by atoms with Gasteiger partial charge in [0.2, 0.25) is 0 Å². The van der Waals surface area contributed by atoms with E-state index in [0.29, 0.717) is 6.04 Å². The first-order valence-corrected chi connectivity index (χ1v) is 19.1. The lowest BCUT2D eigenvalue weighted by Crippen LogP contribution is -2.67. The van der Waals surface area contributed by atoms with E-state index in [9.17, 15) is 0 Å². The average Bonchev–Trinajstić information content (AvgIpc) is 2.93. The van der Waals surface area contributed by atoms with E-state index in [1.807, 2.05) is 0 Å². The summed E-state index contributed by atoms with van der Waals surface area (Å²) in [6, 6.07) is 0.687.